The topological polar surface area (TPSA) is 77.8 Å². The smallest absolute Gasteiger partial charge is 0.274 e. The monoisotopic (exact) mass is 376 g/mol. The van der Waals surface area contributed by atoms with E-state index in [4.69, 9.17) is 16.9 Å². The van der Waals surface area contributed by atoms with Gasteiger partial charge in [0.05, 0.1) is 34.2 Å². The average molecular weight is 377 g/mol. The Bertz CT molecular complexity index is 1020. The van der Waals surface area contributed by atoms with Crippen molar-refractivity contribution in [3.63, 3.8) is 0 Å². The molecule has 0 saturated carbocycles. The number of aromatic nitrogens is 1. The molecular weight excluding hydrogens is 360 g/mol. The van der Waals surface area contributed by atoms with Crippen molar-refractivity contribution >= 4 is 34.6 Å². The molecule has 1 aromatic heterocycles. The van der Waals surface area contributed by atoms with Gasteiger partial charge in [-0.25, -0.2) is 4.98 Å². The molecule has 6 heteroatoms. The number of amides is 1. The van der Waals surface area contributed by atoms with Crippen LogP contribution in [0.25, 0.3) is 0 Å². The van der Waals surface area contributed by atoms with Crippen molar-refractivity contribution in [2.75, 3.05) is 10.6 Å². The highest BCUT2D eigenvalue weighted by molar-refractivity contribution is 6.34. The van der Waals surface area contributed by atoms with Gasteiger partial charge in [-0.3, -0.25) is 4.79 Å². The third kappa shape index (κ3) is 4.43. The first kappa shape index (κ1) is 18.4. The Balaban J connectivity index is 1.73. The summed E-state index contributed by atoms with van der Waals surface area (Å²) >= 11 is 6.24. The largest absolute Gasteiger partial charge is 0.354 e. The first-order valence-electron chi connectivity index (χ1n) is 8.27. The molecule has 0 aliphatic rings. The number of halogens is 1. The second-order valence-corrected chi connectivity index (χ2v) is 6.55. The highest BCUT2D eigenvalue weighted by Crippen LogP contribution is 2.27. The minimum absolute atomic E-state index is 0.280. The van der Waals surface area contributed by atoms with Crippen LogP contribution in [0.3, 0.4) is 0 Å². The molecule has 0 radical (unpaired) electrons. The van der Waals surface area contributed by atoms with Crippen molar-refractivity contribution in [3.8, 4) is 6.07 Å². The Hall–Kier alpha value is -3.36. The van der Waals surface area contributed by atoms with E-state index in [1.807, 2.05) is 26.0 Å². The molecule has 2 aromatic carbocycles. The molecule has 0 unspecified atom stereocenters. The summed E-state index contributed by atoms with van der Waals surface area (Å²) in [7, 11) is 0. The van der Waals surface area contributed by atoms with Gasteiger partial charge in [0.25, 0.3) is 5.91 Å². The molecular formula is C21H17ClN4O. The minimum atomic E-state index is -0.332. The van der Waals surface area contributed by atoms with Crippen molar-refractivity contribution in [3.05, 3.63) is 82.1 Å². The van der Waals surface area contributed by atoms with Crippen LogP contribution in [0.4, 0.5) is 17.1 Å². The summed E-state index contributed by atoms with van der Waals surface area (Å²) in [6.45, 7) is 3.84. The summed E-state index contributed by atoms with van der Waals surface area (Å²) in [6.07, 6.45) is 1.57. The average Bonchev–Trinajstić information content (AvgIpc) is 2.65. The van der Waals surface area contributed by atoms with Crippen LogP contribution >= 0.6 is 11.6 Å². The summed E-state index contributed by atoms with van der Waals surface area (Å²) in [5.41, 5.74) is 4.84. The maximum Gasteiger partial charge on any atom is 0.274 e. The second-order valence-electron chi connectivity index (χ2n) is 6.14. The molecule has 3 rings (SSSR count). The van der Waals surface area contributed by atoms with Gasteiger partial charge in [-0.1, -0.05) is 23.7 Å². The molecule has 0 saturated heterocycles. The van der Waals surface area contributed by atoms with E-state index in [2.05, 4.69) is 21.7 Å². The lowest BCUT2D eigenvalue weighted by molar-refractivity contribution is 0.102. The van der Waals surface area contributed by atoms with E-state index in [-0.39, 0.29) is 11.6 Å². The van der Waals surface area contributed by atoms with Crippen LogP contribution in [0.2, 0.25) is 5.02 Å². The van der Waals surface area contributed by atoms with Gasteiger partial charge in [0, 0.05) is 5.69 Å². The Morgan fingerprint density at radius 2 is 1.93 bits per heavy atom. The fourth-order valence-electron chi connectivity index (χ4n) is 2.69. The lowest BCUT2D eigenvalue weighted by Gasteiger charge is -2.12. The van der Waals surface area contributed by atoms with Gasteiger partial charge < -0.3 is 10.6 Å². The summed E-state index contributed by atoms with van der Waals surface area (Å²) < 4.78 is 0. The zero-order valence-electron chi connectivity index (χ0n) is 14.9. The molecule has 0 aliphatic heterocycles. The molecule has 3 aromatic rings. The standard InChI is InChI=1S/C21H17ClN4O/c1-13-8-14(2)20(18(22)9-13)26-21(27)19-7-6-17(12-24-19)25-16-5-3-4-15(10-16)11-23/h3-10,12,25H,1-2H3,(H,26,27). The Kier molecular flexibility index (Phi) is 5.39. The number of nitriles is 1. The first-order chi connectivity index (χ1) is 13.0. The number of aryl methyl sites for hydroxylation is 2. The third-order valence-electron chi connectivity index (χ3n) is 3.95. The van der Waals surface area contributed by atoms with E-state index in [9.17, 15) is 4.79 Å². The third-order valence-corrected chi connectivity index (χ3v) is 4.24. The van der Waals surface area contributed by atoms with E-state index >= 15 is 0 Å². The van der Waals surface area contributed by atoms with Crippen LogP contribution in [-0.4, -0.2) is 10.9 Å². The van der Waals surface area contributed by atoms with Crippen LogP contribution in [0.1, 0.15) is 27.2 Å². The van der Waals surface area contributed by atoms with Crippen LogP contribution in [0.15, 0.2) is 54.7 Å². The van der Waals surface area contributed by atoms with Gasteiger partial charge in [-0.15, -0.1) is 0 Å². The summed E-state index contributed by atoms with van der Waals surface area (Å²) in [5.74, 6) is -0.332. The number of nitrogens with zero attached hydrogens (tertiary/aromatic N) is 2. The number of benzene rings is 2. The van der Waals surface area contributed by atoms with E-state index < -0.39 is 0 Å². The number of rotatable bonds is 4. The molecule has 0 fully saturated rings. The molecule has 0 spiro atoms. The summed E-state index contributed by atoms with van der Waals surface area (Å²) in [4.78, 5) is 16.7. The number of pyridine rings is 1. The van der Waals surface area contributed by atoms with Gasteiger partial charge >= 0.3 is 0 Å². The Morgan fingerprint density at radius 1 is 1.11 bits per heavy atom. The fourth-order valence-corrected chi connectivity index (χ4v) is 3.06. The summed E-state index contributed by atoms with van der Waals surface area (Å²) in [6, 6.07) is 16.4. The first-order valence-corrected chi connectivity index (χ1v) is 8.65. The molecule has 2 N–H and O–H groups in total. The molecule has 134 valence electrons. The van der Waals surface area contributed by atoms with Gasteiger partial charge in [0.15, 0.2) is 0 Å². The lowest BCUT2D eigenvalue weighted by atomic mass is 10.1. The number of carbonyl (C=O) groups is 1. The minimum Gasteiger partial charge on any atom is -0.354 e. The van der Waals surface area contributed by atoms with Crippen LogP contribution in [-0.2, 0) is 0 Å². The van der Waals surface area contributed by atoms with Gasteiger partial charge in [0.1, 0.15) is 5.69 Å². The molecule has 0 atom stereocenters. The van der Waals surface area contributed by atoms with Crippen LogP contribution < -0.4 is 10.6 Å². The van der Waals surface area contributed by atoms with E-state index in [1.165, 1.54) is 0 Å². The fraction of sp³-hybridized carbons (Fsp3) is 0.0952. The maximum atomic E-state index is 12.5. The zero-order chi connectivity index (χ0) is 19.4. The number of hydrogen-bond donors (Lipinski definition) is 2. The summed E-state index contributed by atoms with van der Waals surface area (Å²) in [5, 5.41) is 15.4. The van der Waals surface area contributed by atoms with Gasteiger partial charge in [-0.05, 0) is 61.4 Å². The lowest BCUT2D eigenvalue weighted by Crippen LogP contribution is -2.15. The van der Waals surface area contributed by atoms with Gasteiger partial charge in [0.2, 0.25) is 0 Å². The molecule has 5 nitrogen and oxygen atoms in total. The predicted molar refractivity (Wildman–Crippen MR) is 108 cm³/mol. The van der Waals surface area contributed by atoms with E-state index in [1.54, 1.807) is 42.6 Å². The second kappa shape index (κ2) is 7.90. The maximum absolute atomic E-state index is 12.5. The van der Waals surface area contributed by atoms with E-state index in [0.717, 1.165) is 16.8 Å². The molecule has 0 aliphatic carbocycles. The number of carbonyl (C=O) groups excluding carboxylic acids is 1. The highest BCUT2D eigenvalue weighted by atomic mass is 35.5. The predicted octanol–water partition coefficient (Wildman–Crippen LogP) is 5.22. The SMILES string of the molecule is Cc1cc(C)c(NC(=O)c2ccc(Nc3cccc(C#N)c3)cn2)c(Cl)c1. The van der Waals surface area contributed by atoms with Gasteiger partial charge in [-0.2, -0.15) is 5.26 Å². The Morgan fingerprint density at radius 3 is 2.59 bits per heavy atom. The number of hydrogen-bond acceptors (Lipinski definition) is 4. The van der Waals surface area contributed by atoms with Crippen molar-refractivity contribution < 1.29 is 4.79 Å². The highest BCUT2D eigenvalue weighted by Gasteiger charge is 2.12. The van der Waals surface area contributed by atoms with Crippen molar-refractivity contribution in [2.24, 2.45) is 0 Å². The quantitative estimate of drug-likeness (QED) is 0.654. The normalized spacial score (nSPS) is 10.1. The molecule has 1 amide bonds. The molecule has 27 heavy (non-hydrogen) atoms. The van der Waals surface area contributed by atoms with Crippen molar-refractivity contribution in [1.82, 2.24) is 4.98 Å². The van der Waals surface area contributed by atoms with Crippen LogP contribution in [0, 0.1) is 25.2 Å². The molecule has 1 heterocycles. The number of anilines is 3. The Labute approximate surface area is 162 Å². The van der Waals surface area contributed by atoms with Crippen LogP contribution in [0.5, 0.6) is 0 Å². The van der Waals surface area contributed by atoms with E-state index in [0.29, 0.717) is 22.0 Å². The molecule has 0 bridgehead atoms. The van der Waals surface area contributed by atoms with Crippen molar-refractivity contribution in [1.29, 1.82) is 5.26 Å². The number of nitrogens with one attached hydrogen (secondary N) is 2. The zero-order valence-corrected chi connectivity index (χ0v) is 15.6. The van der Waals surface area contributed by atoms with Crippen molar-refractivity contribution in [2.45, 2.75) is 13.8 Å².